The maximum Gasteiger partial charge on any atom is 0.124 e. The van der Waals surface area contributed by atoms with Gasteiger partial charge in [-0.2, -0.15) is 0 Å². The molecule has 0 aliphatic carbocycles. The predicted molar refractivity (Wildman–Crippen MR) is 60.6 cm³/mol. The lowest BCUT2D eigenvalue weighted by atomic mass is 10.0. The maximum atomic E-state index is 13.0. The summed E-state index contributed by atoms with van der Waals surface area (Å²) in [4.78, 5) is 0. The van der Waals surface area contributed by atoms with Gasteiger partial charge in [0, 0.05) is 11.6 Å². The predicted octanol–water partition coefficient (Wildman–Crippen LogP) is 1.61. The third kappa shape index (κ3) is 3.34. The normalized spacial score (nSPS) is 12.0. The molecular formula is C10H16ClFN2O. The minimum Gasteiger partial charge on any atom is -0.507 e. The van der Waals surface area contributed by atoms with Crippen LogP contribution in [0.15, 0.2) is 12.1 Å². The standard InChI is InChI=1S/C10H15FN2O.ClH/c1-6-4-7(11)5-8(10(6)14)9(13)2-3-12;/h4-5,9,14H,2-3,12-13H2,1H3;1H/t9-;/m0./s1. The lowest BCUT2D eigenvalue weighted by Gasteiger charge is -2.14. The molecule has 1 rings (SSSR count). The van der Waals surface area contributed by atoms with Crippen molar-refractivity contribution in [2.45, 2.75) is 19.4 Å². The van der Waals surface area contributed by atoms with Gasteiger partial charge in [-0.3, -0.25) is 0 Å². The van der Waals surface area contributed by atoms with Crippen molar-refractivity contribution in [2.75, 3.05) is 6.54 Å². The van der Waals surface area contributed by atoms with Crippen molar-refractivity contribution in [1.82, 2.24) is 0 Å². The van der Waals surface area contributed by atoms with Crippen LogP contribution in [0, 0.1) is 12.7 Å². The highest BCUT2D eigenvalue weighted by atomic mass is 35.5. The molecular weight excluding hydrogens is 219 g/mol. The van der Waals surface area contributed by atoms with E-state index in [1.807, 2.05) is 0 Å². The Bertz CT molecular complexity index is 333. The van der Waals surface area contributed by atoms with Crippen molar-refractivity contribution in [3.05, 3.63) is 29.1 Å². The first-order valence-electron chi connectivity index (χ1n) is 4.51. The van der Waals surface area contributed by atoms with Crippen molar-refractivity contribution in [1.29, 1.82) is 0 Å². The third-order valence-electron chi connectivity index (χ3n) is 2.17. The highest BCUT2D eigenvalue weighted by Crippen LogP contribution is 2.28. The summed E-state index contributed by atoms with van der Waals surface area (Å²) in [7, 11) is 0. The van der Waals surface area contributed by atoms with Crippen molar-refractivity contribution >= 4 is 12.4 Å². The van der Waals surface area contributed by atoms with Crippen LogP contribution in [-0.2, 0) is 0 Å². The molecule has 0 spiro atoms. The first-order chi connectivity index (χ1) is 6.56. The Morgan fingerprint density at radius 3 is 2.60 bits per heavy atom. The molecule has 5 N–H and O–H groups in total. The molecule has 0 aromatic heterocycles. The molecule has 0 amide bonds. The molecule has 0 radical (unpaired) electrons. The van der Waals surface area contributed by atoms with Crippen molar-refractivity contribution in [3.63, 3.8) is 0 Å². The minimum absolute atomic E-state index is 0. The van der Waals surface area contributed by atoms with E-state index in [0.717, 1.165) is 0 Å². The fourth-order valence-electron chi connectivity index (χ4n) is 1.38. The molecule has 0 aliphatic rings. The van der Waals surface area contributed by atoms with Gasteiger partial charge in [0.1, 0.15) is 11.6 Å². The van der Waals surface area contributed by atoms with Crippen LogP contribution in [0.4, 0.5) is 4.39 Å². The van der Waals surface area contributed by atoms with E-state index in [1.165, 1.54) is 12.1 Å². The zero-order valence-electron chi connectivity index (χ0n) is 8.53. The summed E-state index contributed by atoms with van der Waals surface area (Å²) in [6.45, 7) is 2.05. The van der Waals surface area contributed by atoms with Crippen LogP contribution < -0.4 is 11.5 Å². The van der Waals surface area contributed by atoms with Crippen LogP contribution >= 0.6 is 12.4 Å². The van der Waals surface area contributed by atoms with E-state index in [-0.39, 0.29) is 24.0 Å². The van der Waals surface area contributed by atoms with Crippen LogP contribution in [0.25, 0.3) is 0 Å². The fourth-order valence-corrected chi connectivity index (χ4v) is 1.38. The molecule has 0 heterocycles. The summed E-state index contributed by atoms with van der Waals surface area (Å²) in [6.07, 6.45) is 0.524. The van der Waals surface area contributed by atoms with E-state index < -0.39 is 6.04 Å². The molecule has 0 saturated heterocycles. The smallest absolute Gasteiger partial charge is 0.124 e. The lowest BCUT2D eigenvalue weighted by Crippen LogP contribution is -2.15. The molecule has 1 aromatic rings. The largest absolute Gasteiger partial charge is 0.507 e. The Kier molecular flexibility index (Phi) is 5.57. The molecule has 3 nitrogen and oxygen atoms in total. The average Bonchev–Trinajstić information content (AvgIpc) is 2.11. The van der Waals surface area contributed by atoms with E-state index in [0.29, 0.717) is 24.1 Å². The van der Waals surface area contributed by atoms with Gasteiger partial charge < -0.3 is 16.6 Å². The summed E-state index contributed by atoms with van der Waals surface area (Å²) in [5.41, 5.74) is 12.0. The number of hydrogen-bond acceptors (Lipinski definition) is 3. The van der Waals surface area contributed by atoms with Gasteiger partial charge in [0.15, 0.2) is 0 Å². The number of phenolic OH excluding ortho intramolecular Hbond substituents is 1. The van der Waals surface area contributed by atoms with Gasteiger partial charge in [-0.05, 0) is 37.6 Å². The average molecular weight is 235 g/mol. The van der Waals surface area contributed by atoms with Crippen LogP contribution in [0.1, 0.15) is 23.6 Å². The van der Waals surface area contributed by atoms with E-state index >= 15 is 0 Å². The van der Waals surface area contributed by atoms with Crippen molar-refractivity contribution in [2.24, 2.45) is 11.5 Å². The number of halogens is 2. The van der Waals surface area contributed by atoms with Crippen LogP contribution in [0.3, 0.4) is 0 Å². The van der Waals surface area contributed by atoms with Crippen LogP contribution in [0.2, 0.25) is 0 Å². The van der Waals surface area contributed by atoms with E-state index in [1.54, 1.807) is 6.92 Å². The van der Waals surface area contributed by atoms with Gasteiger partial charge in [0.25, 0.3) is 0 Å². The highest BCUT2D eigenvalue weighted by molar-refractivity contribution is 5.85. The number of aryl methyl sites for hydroxylation is 1. The molecule has 86 valence electrons. The van der Waals surface area contributed by atoms with Crippen LogP contribution in [0.5, 0.6) is 5.75 Å². The van der Waals surface area contributed by atoms with Gasteiger partial charge >= 0.3 is 0 Å². The van der Waals surface area contributed by atoms with E-state index in [4.69, 9.17) is 11.5 Å². The molecule has 5 heteroatoms. The molecule has 1 atom stereocenters. The van der Waals surface area contributed by atoms with E-state index in [2.05, 4.69) is 0 Å². The van der Waals surface area contributed by atoms with Gasteiger partial charge in [0.05, 0.1) is 0 Å². The zero-order valence-corrected chi connectivity index (χ0v) is 9.35. The summed E-state index contributed by atoms with van der Waals surface area (Å²) in [5.74, 6) is -0.324. The monoisotopic (exact) mass is 234 g/mol. The van der Waals surface area contributed by atoms with Crippen molar-refractivity contribution in [3.8, 4) is 5.75 Å². The molecule has 0 bridgehead atoms. The molecule has 1 aromatic carbocycles. The zero-order chi connectivity index (χ0) is 10.7. The lowest BCUT2D eigenvalue weighted by molar-refractivity contribution is 0.451. The molecule has 0 saturated carbocycles. The SMILES string of the molecule is Cc1cc(F)cc([C@@H](N)CCN)c1O.Cl. The Morgan fingerprint density at radius 2 is 2.07 bits per heavy atom. The number of hydrogen-bond donors (Lipinski definition) is 3. The minimum atomic E-state index is -0.408. The topological polar surface area (TPSA) is 72.3 Å². The van der Waals surface area contributed by atoms with Gasteiger partial charge in [0.2, 0.25) is 0 Å². The van der Waals surface area contributed by atoms with E-state index in [9.17, 15) is 9.50 Å². The van der Waals surface area contributed by atoms with Gasteiger partial charge in [-0.1, -0.05) is 0 Å². The van der Waals surface area contributed by atoms with Crippen LogP contribution in [-0.4, -0.2) is 11.7 Å². The molecule has 15 heavy (non-hydrogen) atoms. The van der Waals surface area contributed by atoms with Crippen molar-refractivity contribution < 1.29 is 9.50 Å². The molecule has 0 unspecified atom stereocenters. The number of nitrogens with two attached hydrogens (primary N) is 2. The quantitative estimate of drug-likeness (QED) is 0.744. The second-order valence-electron chi connectivity index (χ2n) is 3.34. The Hall–Kier alpha value is -0.840. The Balaban J connectivity index is 0.00000196. The number of phenols is 1. The number of benzene rings is 1. The molecule has 0 aliphatic heterocycles. The Morgan fingerprint density at radius 1 is 1.47 bits per heavy atom. The summed E-state index contributed by atoms with van der Waals surface area (Å²) >= 11 is 0. The number of aromatic hydroxyl groups is 1. The first-order valence-corrected chi connectivity index (χ1v) is 4.51. The summed E-state index contributed by atoms with van der Waals surface area (Å²) in [6, 6.07) is 2.12. The Labute approximate surface area is 94.7 Å². The fraction of sp³-hybridized carbons (Fsp3) is 0.400. The third-order valence-corrected chi connectivity index (χ3v) is 2.17. The molecule has 0 fully saturated rings. The second kappa shape index (κ2) is 5.90. The number of rotatable bonds is 3. The van der Waals surface area contributed by atoms with Gasteiger partial charge in [-0.15, -0.1) is 12.4 Å². The maximum absolute atomic E-state index is 13.0. The summed E-state index contributed by atoms with van der Waals surface area (Å²) < 4.78 is 13.0. The van der Waals surface area contributed by atoms with Gasteiger partial charge in [-0.25, -0.2) is 4.39 Å². The second-order valence-corrected chi connectivity index (χ2v) is 3.34. The highest BCUT2D eigenvalue weighted by Gasteiger charge is 2.13. The first kappa shape index (κ1) is 14.2. The summed E-state index contributed by atoms with van der Waals surface area (Å²) in [5, 5.41) is 9.63.